The summed E-state index contributed by atoms with van der Waals surface area (Å²) in [5.41, 5.74) is 20.2. The highest BCUT2D eigenvalue weighted by Crippen LogP contribution is 2.02. The first kappa shape index (κ1) is 30.5. The molecule has 3 atom stereocenters. The van der Waals surface area contributed by atoms with Gasteiger partial charge in [0.15, 0.2) is 0 Å². The number of rotatable bonds is 10. The average molecular weight is 408 g/mol. The summed E-state index contributed by atoms with van der Waals surface area (Å²) in [5, 5.41) is 24.8. The predicted octanol–water partition coefficient (Wildman–Crippen LogP) is -0.447. The molecule has 0 aromatic rings. The van der Waals surface area contributed by atoms with Crippen molar-refractivity contribution in [1.82, 2.24) is 0 Å². The zero-order valence-electron chi connectivity index (χ0n) is 17.0. The maximum Gasteiger partial charge on any atom is 0.320 e. The first-order chi connectivity index (χ1) is 12.6. The summed E-state index contributed by atoms with van der Waals surface area (Å²) in [7, 11) is 0. The second-order valence-electron chi connectivity index (χ2n) is 7.10. The van der Waals surface area contributed by atoms with Crippen LogP contribution in [0.5, 0.6) is 0 Å². The average Bonchev–Trinajstić information content (AvgIpc) is 2.52. The molecule has 3 unspecified atom stereocenters. The van der Waals surface area contributed by atoms with Gasteiger partial charge in [0.25, 0.3) is 0 Å². The van der Waals surface area contributed by atoms with Gasteiger partial charge in [-0.2, -0.15) is 0 Å². The van der Waals surface area contributed by atoms with Crippen molar-refractivity contribution in [1.29, 1.82) is 0 Å². The number of hydrogen-bond acceptors (Lipinski definition) is 7. The quantitative estimate of drug-likeness (QED) is 0.246. The Bertz CT molecular complexity index is 458. The van der Waals surface area contributed by atoms with Crippen molar-refractivity contribution >= 4 is 23.8 Å². The van der Waals surface area contributed by atoms with E-state index in [4.69, 9.17) is 38.3 Å². The minimum atomic E-state index is -1.11. The van der Waals surface area contributed by atoms with E-state index in [-0.39, 0.29) is 12.8 Å². The molecule has 0 aromatic heterocycles. The third-order valence-corrected chi connectivity index (χ3v) is 3.10. The topological polar surface area (TPSA) is 233 Å². The van der Waals surface area contributed by atoms with E-state index in [0.29, 0.717) is 24.7 Å². The molecule has 28 heavy (non-hydrogen) atoms. The van der Waals surface area contributed by atoms with Crippen LogP contribution in [0.2, 0.25) is 0 Å². The summed E-state index contributed by atoms with van der Waals surface area (Å²) in [6.07, 6.45) is 1.23. The van der Waals surface area contributed by atoms with Gasteiger partial charge in [-0.15, -0.1) is 0 Å². The SMILES string of the molecule is CC(C)CC(N)C(=O)O.CC(C)CC(N)C(=O)O.NC(=O)CCC(N)C(=O)O. The molecule has 0 aliphatic heterocycles. The first-order valence-corrected chi connectivity index (χ1v) is 8.85. The predicted molar refractivity (Wildman–Crippen MR) is 104 cm³/mol. The van der Waals surface area contributed by atoms with E-state index >= 15 is 0 Å². The molecule has 0 radical (unpaired) electrons. The molecule has 11 heteroatoms. The van der Waals surface area contributed by atoms with Crippen LogP contribution in [0.15, 0.2) is 0 Å². The fourth-order valence-electron chi connectivity index (χ4n) is 1.64. The van der Waals surface area contributed by atoms with E-state index in [2.05, 4.69) is 0 Å². The Morgan fingerprint density at radius 3 is 1.11 bits per heavy atom. The highest BCUT2D eigenvalue weighted by Gasteiger charge is 2.13. The molecule has 166 valence electrons. The van der Waals surface area contributed by atoms with Gasteiger partial charge in [0.1, 0.15) is 18.1 Å². The highest BCUT2D eigenvalue weighted by molar-refractivity contribution is 5.77. The Labute approximate surface area is 165 Å². The molecule has 1 amide bonds. The van der Waals surface area contributed by atoms with Crippen molar-refractivity contribution < 1.29 is 34.5 Å². The fraction of sp³-hybridized carbons (Fsp3) is 0.765. The molecule has 11 nitrogen and oxygen atoms in total. The number of amides is 1. The number of carbonyl (C=O) groups is 4. The Hall–Kier alpha value is -2.24. The van der Waals surface area contributed by atoms with Gasteiger partial charge in [-0.3, -0.25) is 19.2 Å². The summed E-state index contributed by atoms with van der Waals surface area (Å²) in [5.74, 6) is -2.75. The number of hydrogen-bond donors (Lipinski definition) is 7. The smallest absolute Gasteiger partial charge is 0.320 e. The number of primary amides is 1. The van der Waals surface area contributed by atoms with Crippen LogP contribution in [-0.4, -0.2) is 57.3 Å². The summed E-state index contributed by atoms with van der Waals surface area (Å²) < 4.78 is 0. The van der Waals surface area contributed by atoms with E-state index in [1.165, 1.54) is 0 Å². The lowest BCUT2D eigenvalue weighted by molar-refractivity contribution is -0.139. The van der Waals surface area contributed by atoms with Gasteiger partial charge >= 0.3 is 17.9 Å². The monoisotopic (exact) mass is 408 g/mol. The van der Waals surface area contributed by atoms with E-state index in [9.17, 15) is 19.2 Å². The second kappa shape index (κ2) is 16.9. The minimum Gasteiger partial charge on any atom is -0.480 e. The van der Waals surface area contributed by atoms with Gasteiger partial charge in [0, 0.05) is 6.42 Å². The van der Waals surface area contributed by atoms with E-state index in [1.807, 2.05) is 27.7 Å². The normalized spacial score (nSPS) is 13.3. The molecular weight excluding hydrogens is 372 g/mol. The van der Waals surface area contributed by atoms with Crippen LogP contribution in [-0.2, 0) is 19.2 Å². The molecule has 0 saturated heterocycles. The lowest BCUT2D eigenvalue weighted by atomic mass is 10.1. The van der Waals surface area contributed by atoms with Gasteiger partial charge in [-0.05, 0) is 31.1 Å². The molecule has 0 rings (SSSR count). The zero-order valence-corrected chi connectivity index (χ0v) is 17.0. The Balaban J connectivity index is -0.000000336. The van der Waals surface area contributed by atoms with Crippen LogP contribution in [0, 0.1) is 11.8 Å². The molecule has 0 bridgehead atoms. The zero-order chi connectivity index (χ0) is 23.0. The second-order valence-corrected chi connectivity index (χ2v) is 7.10. The van der Waals surface area contributed by atoms with Gasteiger partial charge in [0.05, 0.1) is 0 Å². The number of carbonyl (C=O) groups excluding carboxylic acids is 1. The molecule has 0 spiro atoms. The van der Waals surface area contributed by atoms with E-state index in [0.717, 1.165) is 0 Å². The highest BCUT2D eigenvalue weighted by atomic mass is 16.4. The molecular formula is C17H36N4O7. The third kappa shape index (κ3) is 23.8. The van der Waals surface area contributed by atoms with Crippen LogP contribution < -0.4 is 22.9 Å². The van der Waals surface area contributed by atoms with Gasteiger partial charge in [0.2, 0.25) is 5.91 Å². The minimum absolute atomic E-state index is 0.0213. The Morgan fingerprint density at radius 1 is 0.679 bits per heavy atom. The van der Waals surface area contributed by atoms with Crippen molar-refractivity contribution in [2.75, 3.05) is 0 Å². The largest absolute Gasteiger partial charge is 0.480 e. The standard InChI is InChI=1S/2C6H13NO2.C5H10N2O3/c2*1-4(2)3-5(7)6(8)9;6-3(5(9)10)1-2-4(7)8/h2*4-5H,3,7H2,1-2H3,(H,8,9);3H,1-2,6H2,(H2,7,8)(H,9,10). The summed E-state index contributed by atoms with van der Waals surface area (Å²) >= 11 is 0. The summed E-state index contributed by atoms with van der Waals surface area (Å²) in [6.45, 7) is 7.79. The van der Waals surface area contributed by atoms with Crippen LogP contribution in [0.3, 0.4) is 0 Å². The molecule has 0 aliphatic rings. The molecule has 0 aromatic carbocycles. The molecule has 0 aliphatic carbocycles. The van der Waals surface area contributed by atoms with Crippen molar-refractivity contribution in [3.63, 3.8) is 0 Å². The molecule has 0 fully saturated rings. The number of carboxylic acid groups (broad SMARTS) is 3. The van der Waals surface area contributed by atoms with Gasteiger partial charge in [-0.1, -0.05) is 27.7 Å². The number of carboxylic acids is 3. The van der Waals surface area contributed by atoms with Crippen LogP contribution in [0.25, 0.3) is 0 Å². The van der Waals surface area contributed by atoms with E-state index < -0.39 is 41.9 Å². The summed E-state index contributed by atoms with van der Waals surface area (Å²) in [4.78, 5) is 40.4. The maximum atomic E-state index is 10.1. The van der Waals surface area contributed by atoms with Crippen molar-refractivity contribution in [2.24, 2.45) is 34.8 Å². The van der Waals surface area contributed by atoms with Crippen molar-refractivity contribution in [3.05, 3.63) is 0 Å². The third-order valence-electron chi connectivity index (χ3n) is 3.10. The lowest BCUT2D eigenvalue weighted by Gasteiger charge is -2.07. The van der Waals surface area contributed by atoms with Crippen LogP contribution in [0.4, 0.5) is 0 Å². The number of nitrogens with two attached hydrogens (primary N) is 4. The molecule has 11 N–H and O–H groups in total. The fourth-order valence-corrected chi connectivity index (χ4v) is 1.64. The van der Waals surface area contributed by atoms with E-state index in [1.54, 1.807) is 0 Å². The van der Waals surface area contributed by atoms with Crippen LogP contribution >= 0.6 is 0 Å². The van der Waals surface area contributed by atoms with Gasteiger partial charge < -0.3 is 38.3 Å². The number of aliphatic carboxylic acids is 3. The molecule has 0 heterocycles. The van der Waals surface area contributed by atoms with Crippen molar-refractivity contribution in [3.8, 4) is 0 Å². The lowest BCUT2D eigenvalue weighted by Crippen LogP contribution is -2.31. The Morgan fingerprint density at radius 2 is 0.964 bits per heavy atom. The molecule has 0 saturated carbocycles. The summed E-state index contributed by atoms with van der Waals surface area (Å²) in [6, 6.07) is -2.36. The first-order valence-electron chi connectivity index (χ1n) is 8.85. The maximum absolute atomic E-state index is 10.1. The Kier molecular flexibility index (Phi) is 18.4. The van der Waals surface area contributed by atoms with Crippen molar-refractivity contribution in [2.45, 2.75) is 71.5 Å². The van der Waals surface area contributed by atoms with Crippen LogP contribution in [0.1, 0.15) is 53.4 Å². The van der Waals surface area contributed by atoms with Gasteiger partial charge in [-0.25, -0.2) is 0 Å².